The van der Waals surface area contributed by atoms with E-state index in [9.17, 15) is 34.8 Å². The Kier molecular flexibility index (Phi) is 11.0. The molecule has 5 atom stereocenters. The van der Waals surface area contributed by atoms with E-state index in [1.807, 2.05) is 20.8 Å². The molecule has 13 nitrogen and oxygen atoms in total. The number of hydrogen-bond acceptors (Lipinski definition) is 11. The molecule has 1 aliphatic carbocycles. The monoisotopic (exact) mass is 628 g/mol. The molecular formula is C32H40N2O11. The highest BCUT2D eigenvalue weighted by molar-refractivity contribution is 5.88. The average molecular weight is 629 g/mol. The standard InChI is InChI=1S/C32H40N2O11/c1-4-7-18-14-23(25(38)29(45-32(41)34-13-6-3)28(18)44-31(40)33-12-5-2)43-30-26(39)24-21(37)15-20(36)16-22(24)42-27(30)17-8-10-19(35)11-9-17/h8-11,15-16,18,23,25,28-29,35-38H,4-7,12-14H2,1-3H3,(H,33,40)(H,34,41)/t18-,23-,25+,28+,29+/m1/s1. The van der Waals surface area contributed by atoms with Crippen molar-refractivity contribution in [3.63, 3.8) is 0 Å². The largest absolute Gasteiger partial charge is 0.508 e. The molecule has 2 amide bonds. The summed E-state index contributed by atoms with van der Waals surface area (Å²) in [4.78, 5) is 39.2. The van der Waals surface area contributed by atoms with E-state index in [2.05, 4.69) is 10.6 Å². The van der Waals surface area contributed by atoms with Crippen LogP contribution in [0.5, 0.6) is 23.0 Å². The lowest BCUT2D eigenvalue weighted by Crippen LogP contribution is -2.59. The highest BCUT2D eigenvalue weighted by Crippen LogP contribution is 2.40. The number of carbonyl (C=O) groups is 2. The molecule has 1 saturated carbocycles. The van der Waals surface area contributed by atoms with Crippen molar-refractivity contribution in [2.24, 2.45) is 5.92 Å². The quantitative estimate of drug-likeness (QED) is 0.175. The molecule has 1 aromatic heterocycles. The van der Waals surface area contributed by atoms with Gasteiger partial charge in [0.1, 0.15) is 46.5 Å². The van der Waals surface area contributed by atoms with Crippen LogP contribution < -0.4 is 20.8 Å². The Morgan fingerprint density at radius 2 is 1.51 bits per heavy atom. The molecule has 1 fully saturated rings. The van der Waals surface area contributed by atoms with Crippen LogP contribution >= 0.6 is 0 Å². The molecule has 6 N–H and O–H groups in total. The first-order valence-corrected chi connectivity index (χ1v) is 15.1. The van der Waals surface area contributed by atoms with Crippen molar-refractivity contribution in [2.75, 3.05) is 13.1 Å². The second kappa shape index (κ2) is 14.9. The van der Waals surface area contributed by atoms with E-state index in [-0.39, 0.29) is 40.4 Å². The van der Waals surface area contributed by atoms with Gasteiger partial charge in [-0.3, -0.25) is 4.79 Å². The Labute approximate surface area is 259 Å². The van der Waals surface area contributed by atoms with Crippen molar-refractivity contribution in [3.05, 3.63) is 46.6 Å². The molecule has 0 saturated heterocycles. The first-order valence-electron chi connectivity index (χ1n) is 15.1. The number of aliphatic hydroxyl groups excluding tert-OH is 1. The summed E-state index contributed by atoms with van der Waals surface area (Å²) in [5, 5.41) is 47.0. The van der Waals surface area contributed by atoms with Gasteiger partial charge in [0, 0.05) is 36.7 Å². The summed E-state index contributed by atoms with van der Waals surface area (Å²) in [5.41, 5.74) is -0.589. The zero-order valence-electron chi connectivity index (χ0n) is 25.4. The molecule has 1 aliphatic rings. The lowest BCUT2D eigenvalue weighted by atomic mass is 9.78. The van der Waals surface area contributed by atoms with Crippen LogP contribution in [-0.2, 0) is 9.47 Å². The molecule has 0 aliphatic heterocycles. The Bertz CT molecular complexity index is 1540. The van der Waals surface area contributed by atoms with Crippen molar-refractivity contribution < 1.29 is 48.6 Å². The molecule has 0 spiro atoms. The predicted molar refractivity (Wildman–Crippen MR) is 163 cm³/mol. The van der Waals surface area contributed by atoms with Crippen molar-refractivity contribution in [2.45, 2.75) is 77.3 Å². The van der Waals surface area contributed by atoms with Crippen LogP contribution in [0.4, 0.5) is 9.59 Å². The highest BCUT2D eigenvalue weighted by atomic mass is 16.6. The Balaban J connectivity index is 1.79. The smallest absolute Gasteiger partial charge is 0.407 e. The van der Waals surface area contributed by atoms with Crippen LogP contribution in [0.2, 0.25) is 0 Å². The molecule has 1 heterocycles. The fourth-order valence-electron chi connectivity index (χ4n) is 5.43. The minimum Gasteiger partial charge on any atom is -0.508 e. The number of phenols is 3. The summed E-state index contributed by atoms with van der Waals surface area (Å²) in [6.45, 7) is 6.35. The van der Waals surface area contributed by atoms with E-state index in [0.717, 1.165) is 6.07 Å². The molecule has 3 aromatic rings. The molecule has 13 heteroatoms. The van der Waals surface area contributed by atoms with E-state index >= 15 is 0 Å². The topological polar surface area (TPSA) is 197 Å². The molecule has 45 heavy (non-hydrogen) atoms. The van der Waals surface area contributed by atoms with Crippen LogP contribution in [0.1, 0.15) is 52.9 Å². The maximum atomic E-state index is 13.9. The van der Waals surface area contributed by atoms with Crippen LogP contribution in [0.15, 0.2) is 45.6 Å². The highest BCUT2D eigenvalue weighted by Gasteiger charge is 2.50. The van der Waals surface area contributed by atoms with E-state index < -0.39 is 53.7 Å². The number of nitrogens with one attached hydrogen (secondary N) is 2. The summed E-state index contributed by atoms with van der Waals surface area (Å²) >= 11 is 0. The van der Waals surface area contributed by atoms with Crippen LogP contribution in [0.3, 0.4) is 0 Å². The number of phenolic OH excluding ortho intramolecular Hbond substituents is 3. The lowest BCUT2D eigenvalue weighted by Gasteiger charge is -2.43. The molecule has 0 bridgehead atoms. The third kappa shape index (κ3) is 7.72. The number of rotatable bonds is 11. The fraction of sp³-hybridized carbons (Fsp3) is 0.469. The van der Waals surface area contributed by atoms with Gasteiger partial charge in [-0.25, -0.2) is 9.59 Å². The van der Waals surface area contributed by atoms with Gasteiger partial charge in [-0.05, 0) is 49.9 Å². The van der Waals surface area contributed by atoms with Gasteiger partial charge in [0.25, 0.3) is 0 Å². The summed E-state index contributed by atoms with van der Waals surface area (Å²) < 4.78 is 23.6. The van der Waals surface area contributed by atoms with E-state index in [1.165, 1.54) is 30.3 Å². The van der Waals surface area contributed by atoms with Gasteiger partial charge in [0.2, 0.25) is 11.2 Å². The Morgan fingerprint density at radius 3 is 2.11 bits per heavy atom. The molecule has 2 aromatic carbocycles. The van der Waals surface area contributed by atoms with E-state index in [0.29, 0.717) is 44.3 Å². The van der Waals surface area contributed by atoms with Crippen molar-refractivity contribution in [3.8, 4) is 34.3 Å². The normalized spacial score (nSPS) is 21.2. The average Bonchev–Trinajstić information content (AvgIpc) is 3.00. The number of amides is 2. The SMILES string of the molecule is CCCNC(=O)O[C@H]1[C@H](CCC)C[C@@H](Oc2c(-c3ccc(O)cc3)oc3cc(O)cc(O)c3c2=O)[C@H](O)[C@@H]1OC(=O)NCCC. The second-order valence-corrected chi connectivity index (χ2v) is 11.0. The van der Waals surface area contributed by atoms with Gasteiger partial charge in [0.05, 0.1) is 0 Å². The molecule has 0 radical (unpaired) electrons. The number of aliphatic hydroxyl groups is 1. The number of fused-ring (bicyclic) bond motifs is 1. The van der Waals surface area contributed by atoms with Crippen molar-refractivity contribution in [1.29, 1.82) is 0 Å². The Morgan fingerprint density at radius 1 is 0.889 bits per heavy atom. The van der Waals surface area contributed by atoms with Gasteiger partial charge in [0.15, 0.2) is 11.9 Å². The third-order valence-electron chi connectivity index (χ3n) is 7.54. The summed E-state index contributed by atoms with van der Waals surface area (Å²) in [6.07, 6.45) is -4.08. The predicted octanol–water partition coefficient (Wildman–Crippen LogP) is 4.51. The fourth-order valence-corrected chi connectivity index (χ4v) is 5.43. The van der Waals surface area contributed by atoms with Gasteiger partial charge in [-0.1, -0.05) is 27.2 Å². The van der Waals surface area contributed by atoms with Gasteiger partial charge in [-0.2, -0.15) is 0 Å². The van der Waals surface area contributed by atoms with Crippen LogP contribution in [0.25, 0.3) is 22.3 Å². The first-order chi connectivity index (χ1) is 21.6. The maximum absolute atomic E-state index is 13.9. The van der Waals surface area contributed by atoms with Crippen molar-refractivity contribution >= 4 is 23.2 Å². The zero-order chi connectivity index (χ0) is 32.7. The summed E-state index contributed by atoms with van der Waals surface area (Å²) in [6, 6.07) is 7.87. The number of aromatic hydroxyl groups is 3. The lowest BCUT2D eigenvalue weighted by molar-refractivity contribution is -0.153. The molecule has 244 valence electrons. The third-order valence-corrected chi connectivity index (χ3v) is 7.54. The van der Waals surface area contributed by atoms with Gasteiger partial charge >= 0.3 is 12.2 Å². The van der Waals surface area contributed by atoms with Gasteiger partial charge in [-0.15, -0.1) is 0 Å². The van der Waals surface area contributed by atoms with Crippen LogP contribution in [0, 0.1) is 5.92 Å². The number of alkyl carbamates (subject to hydrolysis) is 2. The summed E-state index contributed by atoms with van der Waals surface area (Å²) in [7, 11) is 0. The molecule has 4 rings (SSSR count). The van der Waals surface area contributed by atoms with Crippen molar-refractivity contribution in [1.82, 2.24) is 10.6 Å². The number of benzene rings is 2. The minimum absolute atomic E-state index is 0.0416. The van der Waals surface area contributed by atoms with Crippen LogP contribution in [-0.4, -0.2) is 70.1 Å². The maximum Gasteiger partial charge on any atom is 0.407 e. The van der Waals surface area contributed by atoms with Gasteiger partial charge < -0.3 is 49.7 Å². The molecule has 0 unspecified atom stereocenters. The first kappa shape index (κ1) is 33.2. The van der Waals surface area contributed by atoms with E-state index in [1.54, 1.807) is 0 Å². The minimum atomic E-state index is -1.56. The zero-order valence-corrected chi connectivity index (χ0v) is 25.4. The Hall–Kier alpha value is -4.65. The van der Waals surface area contributed by atoms with E-state index in [4.69, 9.17) is 18.6 Å². The molecular weight excluding hydrogens is 588 g/mol. The summed E-state index contributed by atoms with van der Waals surface area (Å²) in [5.74, 6) is -1.83. The second-order valence-electron chi connectivity index (χ2n) is 11.0. The number of carbonyl (C=O) groups excluding carboxylic acids is 2. The number of hydrogen-bond donors (Lipinski definition) is 6. The number of ether oxygens (including phenoxy) is 3.